The van der Waals surface area contributed by atoms with E-state index in [1.807, 2.05) is 116 Å². The zero-order valence-electron chi connectivity index (χ0n) is 25.9. The Kier molecular flexibility index (Phi) is 9.26. The molecule has 1 saturated heterocycles. The van der Waals surface area contributed by atoms with Crippen LogP contribution in [-0.2, 0) is 4.79 Å². The number of hydrogen-bond donors (Lipinski definition) is 4. The van der Waals surface area contributed by atoms with Gasteiger partial charge in [-0.2, -0.15) is 0 Å². The second-order valence-corrected chi connectivity index (χ2v) is 11.5. The summed E-state index contributed by atoms with van der Waals surface area (Å²) in [6, 6.07) is 19.5. The molecule has 46 heavy (non-hydrogen) atoms. The Morgan fingerprint density at radius 3 is 2.74 bits per heavy atom. The molecular formula is C36H37N9O. The highest BCUT2D eigenvalue weighted by Crippen LogP contribution is 2.30. The Hall–Kier alpha value is -5.61. The zero-order chi connectivity index (χ0) is 31.9. The lowest BCUT2D eigenvalue weighted by atomic mass is 9.97. The third-order valence-corrected chi connectivity index (χ3v) is 7.77. The van der Waals surface area contributed by atoms with E-state index >= 15 is 0 Å². The first kappa shape index (κ1) is 30.4. The number of allylic oxidation sites excluding steroid dienone is 4. The molecule has 4 N–H and O–H groups in total. The topological polar surface area (TPSA) is 122 Å². The van der Waals surface area contributed by atoms with Crippen LogP contribution in [0, 0.1) is 5.41 Å². The molecule has 2 aromatic carbocycles. The van der Waals surface area contributed by atoms with Crippen molar-refractivity contribution in [3.8, 4) is 0 Å². The van der Waals surface area contributed by atoms with Gasteiger partial charge in [0.1, 0.15) is 5.82 Å². The quantitative estimate of drug-likeness (QED) is 0.142. The van der Waals surface area contributed by atoms with Gasteiger partial charge < -0.3 is 25.8 Å². The van der Waals surface area contributed by atoms with E-state index in [4.69, 9.17) is 15.4 Å². The van der Waals surface area contributed by atoms with Crippen LogP contribution in [0.15, 0.2) is 115 Å². The second-order valence-electron chi connectivity index (χ2n) is 11.5. The minimum Gasteiger partial charge on any atom is -0.361 e. The summed E-state index contributed by atoms with van der Waals surface area (Å²) in [6.07, 6.45) is 15.5. The summed E-state index contributed by atoms with van der Waals surface area (Å²) in [4.78, 5) is 30.8. The number of benzene rings is 2. The van der Waals surface area contributed by atoms with E-state index in [2.05, 4.69) is 25.8 Å². The first-order valence-corrected chi connectivity index (χ1v) is 15.3. The Morgan fingerprint density at radius 2 is 1.93 bits per heavy atom. The summed E-state index contributed by atoms with van der Waals surface area (Å²) in [6.45, 7) is 2.26. The Morgan fingerprint density at radius 1 is 1.09 bits per heavy atom. The molecule has 2 aromatic heterocycles. The molecule has 0 saturated carbocycles. The van der Waals surface area contributed by atoms with Crippen LogP contribution in [-0.4, -0.2) is 71.2 Å². The van der Waals surface area contributed by atoms with Crippen molar-refractivity contribution in [3.05, 3.63) is 127 Å². The highest BCUT2D eigenvalue weighted by Gasteiger charge is 2.26. The van der Waals surface area contributed by atoms with E-state index in [1.165, 1.54) is 0 Å². The molecule has 1 atom stereocenters. The van der Waals surface area contributed by atoms with Gasteiger partial charge in [0.2, 0.25) is 11.9 Å². The van der Waals surface area contributed by atoms with Crippen molar-refractivity contribution in [3.63, 3.8) is 0 Å². The SMILES string of the molecule is CN(C)C/C=C/C(=O)Nc1ccc2c(N3CC[C@H](Nc4nccc(/C(C(=N)c5ccccc5)=C5\C=CC=CN5)n4)C3)nccc2c1. The van der Waals surface area contributed by atoms with Crippen LogP contribution in [0.2, 0.25) is 0 Å². The van der Waals surface area contributed by atoms with Gasteiger partial charge in [-0.05, 0) is 68.4 Å². The molecule has 10 nitrogen and oxygen atoms in total. The lowest BCUT2D eigenvalue weighted by Gasteiger charge is -2.20. The molecule has 2 aliphatic rings. The summed E-state index contributed by atoms with van der Waals surface area (Å²) in [5.74, 6) is 1.27. The molecule has 2 aliphatic heterocycles. The number of likely N-dealkylation sites (N-methyl/N-ethyl adjacent to an activating group) is 1. The van der Waals surface area contributed by atoms with Crippen LogP contribution in [0.5, 0.6) is 0 Å². The van der Waals surface area contributed by atoms with Crippen LogP contribution >= 0.6 is 0 Å². The number of rotatable bonds is 10. The maximum absolute atomic E-state index is 12.4. The van der Waals surface area contributed by atoms with Gasteiger partial charge in [0.05, 0.1) is 11.4 Å². The van der Waals surface area contributed by atoms with E-state index in [-0.39, 0.29) is 11.9 Å². The van der Waals surface area contributed by atoms with E-state index in [9.17, 15) is 4.79 Å². The molecule has 0 unspecified atom stereocenters. The number of amides is 1. The highest BCUT2D eigenvalue weighted by atomic mass is 16.1. The smallest absolute Gasteiger partial charge is 0.248 e. The third kappa shape index (κ3) is 7.19. The number of nitrogens with one attached hydrogen (secondary N) is 4. The fourth-order valence-electron chi connectivity index (χ4n) is 5.57. The first-order chi connectivity index (χ1) is 22.4. The van der Waals surface area contributed by atoms with E-state index in [0.29, 0.717) is 29.5 Å². The molecule has 232 valence electrons. The number of carbonyl (C=O) groups is 1. The van der Waals surface area contributed by atoms with Gasteiger partial charge in [-0.1, -0.05) is 42.5 Å². The summed E-state index contributed by atoms with van der Waals surface area (Å²) in [5, 5.41) is 20.8. The minimum atomic E-state index is -0.154. The minimum absolute atomic E-state index is 0.111. The summed E-state index contributed by atoms with van der Waals surface area (Å²) in [7, 11) is 3.92. The van der Waals surface area contributed by atoms with Crippen molar-refractivity contribution < 1.29 is 4.79 Å². The molecule has 4 heterocycles. The third-order valence-electron chi connectivity index (χ3n) is 7.77. The first-order valence-electron chi connectivity index (χ1n) is 15.3. The van der Waals surface area contributed by atoms with E-state index < -0.39 is 0 Å². The van der Waals surface area contributed by atoms with Crippen molar-refractivity contribution in [2.45, 2.75) is 12.5 Å². The van der Waals surface area contributed by atoms with Crippen molar-refractivity contribution in [1.82, 2.24) is 25.2 Å². The average molecular weight is 612 g/mol. The molecular weight excluding hydrogens is 574 g/mol. The summed E-state index contributed by atoms with van der Waals surface area (Å²) in [5.41, 5.74) is 4.10. The number of pyridine rings is 1. The summed E-state index contributed by atoms with van der Waals surface area (Å²) < 4.78 is 0. The number of fused-ring (bicyclic) bond motifs is 1. The molecule has 0 aliphatic carbocycles. The van der Waals surface area contributed by atoms with E-state index in [1.54, 1.807) is 12.3 Å². The molecule has 1 amide bonds. The maximum atomic E-state index is 12.4. The lowest BCUT2D eigenvalue weighted by molar-refractivity contribution is -0.111. The zero-order valence-corrected chi connectivity index (χ0v) is 25.9. The molecule has 6 rings (SSSR count). The Bertz CT molecular complexity index is 1860. The van der Waals surface area contributed by atoms with Gasteiger partial charge in [0.15, 0.2) is 0 Å². The molecule has 1 fully saturated rings. The fraction of sp³-hybridized carbons (Fsp3) is 0.194. The number of hydrogen-bond acceptors (Lipinski definition) is 9. The average Bonchev–Trinajstić information content (AvgIpc) is 3.53. The van der Waals surface area contributed by atoms with Gasteiger partial charge in [0.25, 0.3) is 0 Å². The van der Waals surface area contributed by atoms with E-state index in [0.717, 1.165) is 53.0 Å². The monoisotopic (exact) mass is 611 g/mol. The van der Waals surface area contributed by atoms with Gasteiger partial charge in [-0.3, -0.25) is 10.2 Å². The largest absolute Gasteiger partial charge is 0.361 e. The Balaban J connectivity index is 1.17. The van der Waals surface area contributed by atoms with Crippen LogP contribution < -0.4 is 20.9 Å². The number of dihydropyridines is 1. The molecule has 4 aromatic rings. The molecule has 0 radical (unpaired) electrons. The second kappa shape index (κ2) is 14.0. The van der Waals surface area contributed by atoms with Crippen molar-refractivity contribution in [1.29, 1.82) is 5.41 Å². The standard InChI is InChI=1S/C36H37N9O/c1-44(2)21-8-12-32(46)41-27-13-14-29-26(23-27)15-19-39-35(29)45-22-17-28(24-45)42-36-40-20-16-31(43-36)33(30-11-6-7-18-38-30)34(37)25-9-4-3-5-10-25/h3-16,18-20,23,28,37-38H,17,21-22,24H2,1-2H3,(H,41,46)(H,40,42,43)/b12-8+,33-30-,37-34?/t28-/m0/s1. The number of aromatic nitrogens is 3. The van der Waals surface area contributed by atoms with Gasteiger partial charge in [-0.15, -0.1) is 0 Å². The lowest BCUT2D eigenvalue weighted by Crippen LogP contribution is -2.27. The van der Waals surface area contributed by atoms with Gasteiger partial charge >= 0.3 is 0 Å². The predicted molar refractivity (Wildman–Crippen MR) is 186 cm³/mol. The number of carbonyl (C=O) groups excluding carboxylic acids is 1. The predicted octanol–water partition coefficient (Wildman–Crippen LogP) is 5.22. The van der Waals surface area contributed by atoms with Gasteiger partial charge in [0, 0.05) is 78.3 Å². The number of anilines is 3. The fourth-order valence-corrected chi connectivity index (χ4v) is 5.57. The molecule has 0 spiro atoms. The van der Waals surface area contributed by atoms with Crippen molar-refractivity contribution in [2.24, 2.45) is 0 Å². The van der Waals surface area contributed by atoms with Crippen LogP contribution in [0.1, 0.15) is 17.7 Å². The van der Waals surface area contributed by atoms with Crippen molar-refractivity contribution >= 4 is 45.4 Å². The summed E-state index contributed by atoms with van der Waals surface area (Å²) >= 11 is 0. The van der Waals surface area contributed by atoms with Crippen LogP contribution in [0.3, 0.4) is 0 Å². The van der Waals surface area contributed by atoms with Crippen molar-refractivity contribution in [2.75, 3.05) is 49.3 Å². The maximum Gasteiger partial charge on any atom is 0.248 e. The van der Waals surface area contributed by atoms with Crippen LogP contribution in [0.4, 0.5) is 17.5 Å². The van der Waals surface area contributed by atoms with Gasteiger partial charge in [-0.25, -0.2) is 15.0 Å². The highest BCUT2D eigenvalue weighted by molar-refractivity contribution is 6.31. The molecule has 10 heteroatoms. The normalized spacial score (nSPS) is 17.0. The number of nitrogens with zero attached hydrogens (tertiary/aromatic N) is 5. The molecule has 0 bridgehead atoms. The van der Waals surface area contributed by atoms with Crippen LogP contribution in [0.25, 0.3) is 16.3 Å². The Labute approximate surface area is 268 Å².